The van der Waals surface area contributed by atoms with Gasteiger partial charge in [0, 0.05) is 5.69 Å². The van der Waals surface area contributed by atoms with E-state index in [1.807, 2.05) is 0 Å². The highest BCUT2D eigenvalue weighted by molar-refractivity contribution is 5.83. The van der Waals surface area contributed by atoms with Gasteiger partial charge in [-0.05, 0) is 49.4 Å². The molecular formula is C14H17FN2O. The molecular weight excluding hydrogens is 231 g/mol. The average molecular weight is 248 g/mol. The normalized spacial score (nSPS) is 20.4. The average Bonchev–Trinajstić information content (AvgIpc) is 2.38. The van der Waals surface area contributed by atoms with Crippen molar-refractivity contribution < 1.29 is 9.18 Å². The summed E-state index contributed by atoms with van der Waals surface area (Å²) < 4.78 is 12.8. The lowest BCUT2D eigenvalue weighted by Gasteiger charge is -2.27. The summed E-state index contributed by atoms with van der Waals surface area (Å²) >= 11 is 0. The molecule has 0 spiro atoms. The molecule has 1 aromatic carbocycles. The maximum atomic E-state index is 12.8. The molecule has 1 aliphatic rings. The van der Waals surface area contributed by atoms with Crippen LogP contribution in [0.1, 0.15) is 19.3 Å². The molecule has 0 aromatic heterocycles. The maximum absolute atomic E-state index is 12.8. The summed E-state index contributed by atoms with van der Waals surface area (Å²) in [7, 11) is 0. The first-order valence-electron chi connectivity index (χ1n) is 6.13. The second-order valence-electron chi connectivity index (χ2n) is 4.58. The van der Waals surface area contributed by atoms with Gasteiger partial charge in [0.15, 0.2) is 0 Å². The number of hydrogen-bond acceptors (Lipinski definition) is 2. The third-order valence-corrected chi connectivity index (χ3v) is 3.25. The summed E-state index contributed by atoms with van der Waals surface area (Å²) in [5, 5.41) is 3.10. The zero-order valence-corrected chi connectivity index (χ0v) is 10.1. The molecule has 0 saturated carbocycles. The second kappa shape index (κ2) is 5.67. The molecule has 3 nitrogen and oxygen atoms in total. The number of anilines is 1. The number of primary amides is 1. The van der Waals surface area contributed by atoms with E-state index in [4.69, 9.17) is 5.73 Å². The number of hydrogen-bond donors (Lipinski definition) is 2. The quantitative estimate of drug-likeness (QED) is 0.804. The highest BCUT2D eigenvalue weighted by Crippen LogP contribution is 2.24. The number of nitrogens with one attached hydrogen (secondary N) is 1. The van der Waals surface area contributed by atoms with E-state index in [9.17, 15) is 9.18 Å². The highest BCUT2D eigenvalue weighted by Gasteiger charge is 2.26. The molecule has 1 amide bonds. The topological polar surface area (TPSA) is 55.1 Å². The van der Waals surface area contributed by atoms with Gasteiger partial charge in [0.1, 0.15) is 11.9 Å². The van der Waals surface area contributed by atoms with Crippen molar-refractivity contribution in [1.29, 1.82) is 0 Å². The largest absolute Gasteiger partial charge is 0.373 e. The van der Waals surface area contributed by atoms with E-state index in [2.05, 4.69) is 17.5 Å². The van der Waals surface area contributed by atoms with Crippen molar-refractivity contribution in [3.8, 4) is 0 Å². The molecule has 96 valence electrons. The maximum Gasteiger partial charge on any atom is 0.240 e. The standard InChI is InChI=1S/C14H17FN2O/c15-11-6-8-12(9-7-11)17-13(14(16)18)10-4-2-1-3-5-10/h1-2,6-10,13,17H,3-5H2,(H2,16,18). The Hall–Kier alpha value is -1.84. The van der Waals surface area contributed by atoms with Crippen molar-refractivity contribution in [3.05, 3.63) is 42.2 Å². The van der Waals surface area contributed by atoms with E-state index in [0.29, 0.717) is 0 Å². The Kier molecular flexibility index (Phi) is 3.97. The Morgan fingerprint density at radius 2 is 2.06 bits per heavy atom. The van der Waals surface area contributed by atoms with Crippen LogP contribution in [0.2, 0.25) is 0 Å². The van der Waals surface area contributed by atoms with Gasteiger partial charge in [-0.1, -0.05) is 12.2 Å². The van der Waals surface area contributed by atoms with Gasteiger partial charge in [-0.2, -0.15) is 0 Å². The Balaban J connectivity index is 2.08. The fourth-order valence-corrected chi connectivity index (χ4v) is 2.27. The number of amides is 1. The lowest BCUT2D eigenvalue weighted by atomic mass is 9.87. The monoisotopic (exact) mass is 248 g/mol. The van der Waals surface area contributed by atoms with Crippen LogP contribution < -0.4 is 11.1 Å². The molecule has 1 aromatic rings. The predicted molar refractivity (Wildman–Crippen MR) is 69.5 cm³/mol. The van der Waals surface area contributed by atoms with E-state index >= 15 is 0 Å². The molecule has 0 radical (unpaired) electrons. The number of halogens is 1. The molecule has 4 heteroatoms. The van der Waals surface area contributed by atoms with Gasteiger partial charge in [-0.15, -0.1) is 0 Å². The third-order valence-electron chi connectivity index (χ3n) is 3.25. The zero-order chi connectivity index (χ0) is 13.0. The first kappa shape index (κ1) is 12.6. The van der Waals surface area contributed by atoms with Crippen LogP contribution in [0.25, 0.3) is 0 Å². The summed E-state index contributed by atoms with van der Waals surface area (Å²) in [5.41, 5.74) is 6.16. The summed E-state index contributed by atoms with van der Waals surface area (Å²) in [6, 6.07) is 5.55. The Morgan fingerprint density at radius 3 is 2.61 bits per heavy atom. The Labute approximate surface area is 106 Å². The molecule has 0 bridgehead atoms. The number of carbonyl (C=O) groups is 1. The fourth-order valence-electron chi connectivity index (χ4n) is 2.27. The summed E-state index contributed by atoms with van der Waals surface area (Å²) in [6.45, 7) is 0. The number of rotatable bonds is 4. The van der Waals surface area contributed by atoms with Crippen molar-refractivity contribution in [2.45, 2.75) is 25.3 Å². The van der Waals surface area contributed by atoms with Crippen LogP contribution in [0.15, 0.2) is 36.4 Å². The van der Waals surface area contributed by atoms with Crippen molar-refractivity contribution in [3.63, 3.8) is 0 Å². The first-order chi connectivity index (χ1) is 8.66. The van der Waals surface area contributed by atoms with Crippen LogP contribution in [0.3, 0.4) is 0 Å². The minimum Gasteiger partial charge on any atom is -0.373 e. The van der Waals surface area contributed by atoms with E-state index in [1.165, 1.54) is 12.1 Å². The summed E-state index contributed by atoms with van der Waals surface area (Å²) in [4.78, 5) is 11.5. The molecule has 2 rings (SSSR count). The lowest BCUT2D eigenvalue weighted by molar-refractivity contribution is -0.119. The molecule has 18 heavy (non-hydrogen) atoms. The van der Waals surface area contributed by atoms with Gasteiger partial charge >= 0.3 is 0 Å². The van der Waals surface area contributed by atoms with Crippen LogP contribution in [0.5, 0.6) is 0 Å². The SMILES string of the molecule is NC(=O)C(Nc1ccc(F)cc1)C1CC=CCC1. The van der Waals surface area contributed by atoms with Crippen LogP contribution in [-0.2, 0) is 4.79 Å². The van der Waals surface area contributed by atoms with Crippen molar-refractivity contribution in [2.75, 3.05) is 5.32 Å². The van der Waals surface area contributed by atoms with Crippen molar-refractivity contribution >= 4 is 11.6 Å². The van der Waals surface area contributed by atoms with Gasteiger partial charge < -0.3 is 11.1 Å². The van der Waals surface area contributed by atoms with Gasteiger partial charge in [-0.25, -0.2) is 4.39 Å². The Bertz CT molecular complexity index is 442. The fraction of sp³-hybridized carbons (Fsp3) is 0.357. The molecule has 0 saturated heterocycles. The first-order valence-corrected chi connectivity index (χ1v) is 6.13. The summed E-state index contributed by atoms with van der Waals surface area (Å²) in [5.74, 6) is -0.450. The van der Waals surface area contributed by atoms with Gasteiger partial charge in [0.25, 0.3) is 0 Å². The van der Waals surface area contributed by atoms with E-state index in [1.54, 1.807) is 12.1 Å². The molecule has 0 fully saturated rings. The van der Waals surface area contributed by atoms with Gasteiger partial charge in [0.05, 0.1) is 0 Å². The van der Waals surface area contributed by atoms with Crippen LogP contribution in [-0.4, -0.2) is 11.9 Å². The van der Waals surface area contributed by atoms with Gasteiger partial charge in [0.2, 0.25) is 5.91 Å². The Morgan fingerprint density at radius 1 is 1.33 bits per heavy atom. The smallest absolute Gasteiger partial charge is 0.240 e. The molecule has 0 heterocycles. The zero-order valence-electron chi connectivity index (χ0n) is 10.1. The minimum absolute atomic E-state index is 0.206. The van der Waals surface area contributed by atoms with E-state index in [0.717, 1.165) is 24.9 Å². The van der Waals surface area contributed by atoms with Crippen molar-refractivity contribution in [2.24, 2.45) is 11.7 Å². The van der Waals surface area contributed by atoms with E-state index in [-0.39, 0.29) is 17.6 Å². The van der Waals surface area contributed by atoms with Gasteiger partial charge in [-0.3, -0.25) is 4.79 Å². The number of nitrogens with two attached hydrogens (primary N) is 1. The number of benzene rings is 1. The molecule has 2 unspecified atom stereocenters. The number of allylic oxidation sites excluding steroid dienone is 2. The predicted octanol–water partition coefficient (Wildman–Crippen LogP) is 2.45. The highest BCUT2D eigenvalue weighted by atomic mass is 19.1. The third kappa shape index (κ3) is 3.09. The second-order valence-corrected chi connectivity index (χ2v) is 4.58. The molecule has 2 atom stereocenters. The lowest BCUT2D eigenvalue weighted by Crippen LogP contribution is -2.41. The molecule has 3 N–H and O–H groups in total. The van der Waals surface area contributed by atoms with Crippen molar-refractivity contribution in [1.82, 2.24) is 0 Å². The molecule has 0 aliphatic heterocycles. The van der Waals surface area contributed by atoms with E-state index < -0.39 is 6.04 Å². The molecule has 1 aliphatic carbocycles. The minimum atomic E-state index is -0.402. The van der Waals surface area contributed by atoms with Crippen LogP contribution in [0, 0.1) is 11.7 Å². The van der Waals surface area contributed by atoms with Crippen LogP contribution >= 0.6 is 0 Å². The number of carbonyl (C=O) groups excluding carboxylic acids is 1. The summed E-state index contributed by atoms with van der Waals surface area (Å²) in [6.07, 6.45) is 6.96. The van der Waals surface area contributed by atoms with Crippen LogP contribution in [0.4, 0.5) is 10.1 Å².